The summed E-state index contributed by atoms with van der Waals surface area (Å²) < 4.78 is 27.7. The Morgan fingerprint density at radius 3 is 2.34 bits per heavy atom. The molecule has 3 rings (SSSR count). The van der Waals surface area contributed by atoms with E-state index in [1.54, 1.807) is 23.4 Å². The van der Waals surface area contributed by atoms with Gasteiger partial charge < -0.3 is 5.32 Å². The molecule has 29 heavy (non-hydrogen) atoms. The lowest BCUT2D eigenvalue weighted by Gasteiger charge is -2.28. The van der Waals surface area contributed by atoms with Crippen LogP contribution in [0.15, 0.2) is 53.4 Å². The molecule has 0 aromatic heterocycles. The van der Waals surface area contributed by atoms with Gasteiger partial charge in [-0.3, -0.25) is 4.79 Å². The maximum Gasteiger partial charge on any atom is 0.251 e. The van der Waals surface area contributed by atoms with E-state index in [0.29, 0.717) is 30.6 Å². The summed E-state index contributed by atoms with van der Waals surface area (Å²) in [4.78, 5) is 13.1. The minimum absolute atomic E-state index is 0.230. The van der Waals surface area contributed by atoms with Crippen molar-refractivity contribution in [1.29, 1.82) is 0 Å². The van der Waals surface area contributed by atoms with E-state index in [1.807, 2.05) is 44.2 Å². The summed E-state index contributed by atoms with van der Waals surface area (Å²) in [6, 6.07) is 14.9. The Kier molecular flexibility index (Phi) is 6.44. The van der Waals surface area contributed by atoms with E-state index < -0.39 is 15.6 Å². The molecule has 0 aliphatic carbocycles. The highest BCUT2D eigenvalue weighted by atomic mass is 32.2. The van der Waals surface area contributed by atoms with Crippen LogP contribution in [-0.2, 0) is 16.4 Å². The highest BCUT2D eigenvalue weighted by molar-refractivity contribution is 7.89. The molecule has 1 N–H and O–H groups in total. The van der Waals surface area contributed by atoms with E-state index >= 15 is 0 Å². The van der Waals surface area contributed by atoms with Crippen LogP contribution in [0.25, 0.3) is 0 Å². The van der Waals surface area contributed by atoms with Gasteiger partial charge in [-0.05, 0) is 63.3 Å². The Hall–Kier alpha value is -2.18. The molecule has 0 saturated carbocycles. The average Bonchev–Trinajstić information content (AvgIpc) is 2.68. The molecule has 5 nitrogen and oxygen atoms in total. The molecule has 156 valence electrons. The molecule has 2 aromatic carbocycles. The van der Waals surface area contributed by atoms with Gasteiger partial charge in [-0.25, -0.2) is 8.42 Å². The molecule has 0 spiro atoms. The summed E-state index contributed by atoms with van der Waals surface area (Å²) in [6.07, 6.45) is 3.51. The standard InChI is InChI=1S/C23H30N2O3S/c1-18-12-13-20(16-21(18)29(27,28)25-14-8-5-9-15-25)22(26)24-23(2,3)17-19-10-6-4-7-11-19/h4,6-7,10-13,16H,5,8-9,14-15,17H2,1-3H3,(H,24,26). The number of sulfonamides is 1. The second kappa shape index (κ2) is 8.67. The molecule has 0 atom stereocenters. The number of aryl methyl sites for hydroxylation is 1. The zero-order valence-corrected chi connectivity index (χ0v) is 18.3. The number of rotatable bonds is 6. The second-order valence-electron chi connectivity index (χ2n) is 8.45. The van der Waals surface area contributed by atoms with E-state index in [4.69, 9.17) is 0 Å². The van der Waals surface area contributed by atoms with Crippen molar-refractivity contribution >= 4 is 15.9 Å². The van der Waals surface area contributed by atoms with Crippen LogP contribution in [-0.4, -0.2) is 37.3 Å². The fraction of sp³-hybridized carbons (Fsp3) is 0.435. The van der Waals surface area contributed by atoms with Crippen LogP contribution < -0.4 is 5.32 Å². The number of carbonyl (C=O) groups excluding carboxylic acids is 1. The minimum Gasteiger partial charge on any atom is -0.347 e. The van der Waals surface area contributed by atoms with Gasteiger partial charge in [0, 0.05) is 24.2 Å². The molecule has 2 aromatic rings. The van der Waals surface area contributed by atoms with Gasteiger partial charge in [0.2, 0.25) is 10.0 Å². The number of carbonyl (C=O) groups is 1. The quantitative estimate of drug-likeness (QED) is 0.779. The maximum atomic E-state index is 13.1. The van der Waals surface area contributed by atoms with Gasteiger partial charge in [0.25, 0.3) is 5.91 Å². The minimum atomic E-state index is -3.59. The number of nitrogens with one attached hydrogen (secondary N) is 1. The van der Waals surface area contributed by atoms with Crippen molar-refractivity contribution in [3.63, 3.8) is 0 Å². The molecule has 0 radical (unpaired) electrons. The fourth-order valence-electron chi connectivity index (χ4n) is 3.79. The Morgan fingerprint density at radius 1 is 1.03 bits per heavy atom. The van der Waals surface area contributed by atoms with Crippen molar-refractivity contribution in [2.45, 2.75) is 56.9 Å². The van der Waals surface area contributed by atoms with Crippen molar-refractivity contribution in [3.8, 4) is 0 Å². The highest BCUT2D eigenvalue weighted by Crippen LogP contribution is 2.25. The molecule has 0 unspecified atom stereocenters. The third-order valence-corrected chi connectivity index (χ3v) is 7.36. The molecule has 0 bridgehead atoms. The van der Waals surface area contributed by atoms with E-state index in [0.717, 1.165) is 24.8 Å². The van der Waals surface area contributed by atoms with Crippen LogP contribution in [0.5, 0.6) is 0 Å². The number of amides is 1. The normalized spacial score (nSPS) is 15.8. The summed E-state index contributed by atoms with van der Waals surface area (Å²) in [5.74, 6) is -0.263. The molecule has 6 heteroatoms. The Labute approximate surface area is 174 Å². The van der Waals surface area contributed by atoms with Gasteiger partial charge in [0.1, 0.15) is 0 Å². The average molecular weight is 415 g/mol. The molecule has 1 fully saturated rings. The first-order chi connectivity index (χ1) is 13.7. The first-order valence-electron chi connectivity index (χ1n) is 10.2. The first kappa shape index (κ1) is 21.5. The third-order valence-electron chi connectivity index (χ3n) is 5.32. The SMILES string of the molecule is Cc1ccc(C(=O)NC(C)(C)Cc2ccccc2)cc1S(=O)(=O)N1CCCCC1. The predicted molar refractivity (Wildman–Crippen MR) is 115 cm³/mol. The smallest absolute Gasteiger partial charge is 0.251 e. The van der Waals surface area contributed by atoms with Gasteiger partial charge in [-0.2, -0.15) is 4.31 Å². The van der Waals surface area contributed by atoms with Gasteiger partial charge >= 0.3 is 0 Å². The Bertz CT molecular complexity index is 963. The van der Waals surface area contributed by atoms with E-state index in [9.17, 15) is 13.2 Å². The lowest BCUT2D eigenvalue weighted by Crippen LogP contribution is -2.45. The molecular weight excluding hydrogens is 384 g/mol. The summed E-state index contributed by atoms with van der Waals surface area (Å²) >= 11 is 0. The lowest BCUT2D eigenvalue weighted by molar-refractivity contribution is 0.0913. The number of hydrogen-bond acceptors (Lipinski definition) is 3. The third kappa shape index (κ3) is 5.25. The van der Waals surface area contributed by atoms with Gasteiger partial charge in [0.15, 0.2) is 0 Å². The Balaban J connectivity index is 1.80. The second-order valence-corrected chi connectivity index (χ2v) is 10.4. The van der Waals surface area contributed by atoms with Gasteiger partial charge in [0.05, 0.1) is 4.90 Å². The number of nitrogens with zero attached hydrogens (tertiary/aromatic N) is 1. The van der Waals surface area contributed by atoms with Crippen molar-refractivity contribution in [2.24, 2.45) is 0 Å². The van der Waals surface area contributed by atoms with Gasteiger partial charge in [-0.1, -0.05) is 42.8 Å². The summed E-state index contributed by atoms with van der Waals surface area (Å²) in [7, 11) is -3.59. The van der Waals surface area contributed by atoms with Crippen molar-refractivity contribution in [2.75, 3.05) is 13.1 Å². The fourth-order valence-corrected chi connectivity index (χ4v) is 5.56. The number of benzene rings is 2. The van der Waals surface area contributed by atoms with Crippen molar-refractivity contribution < 1.29 is 13.2 Å². The van der Waals surface area contributed by atoms with Crippen molar-refractivity contribution in [3.05, 3.63) is 65.2 Å². The molecule has 1 aliphatic heterocycles. The largest absolute Gasteiger partial charge is 0.347 e. The summed E-state index contributed by atoms with van der Waals surface area (Å²) in [5, 5.41) is 3.05. The topological polar surface area (TPSA) is 66.5 Å². The van der Waals surface area contributed by atoms with E-state index in [2.05, 4.69) is 5.32 Å². The lowest BCUT2D eigenvalue weighted by atomic mass is 9.94. The predicted octanol–water partition coefficient (Wildman–Crippen LogP) is 3.92. The van der Waals surface area contributed by atoms with Crippen LogP contribution in [0, 0.1) is 6.92 Å². The zero-order valence-electron chi connectivity index (χ0n) is 17.4. The molecule has 1 amide bonds. The van der Waals surface area contributed by atoms with Crippen LogP contribution >= 0.6 is 0 Å². The first-order valence-corrected chi connectivity index (χ1v) is 11.6. The van der Waals surface area contributed by atoms with Gasteiger partial charge in [-0.15, -0.1) is 0 Å². The summed E-state index contributed by atoms with van der Waals surface area (Å²) in [5.41, 5.74) is 1.70. The molecule has 1 saturated heterocycles. The summed E-state index contributed by atoms with van der Waals surface area (Å²) in [6.45, 7) is 6.80. The zero-order chi connectivity index (χ0) is 21.1. The maximum absolute atomic E-state index is 13.1. The molecular formula is C23H30N2O3S. The van der Waals surface area contributed by atoms with E-state index in [-0.39, 0.29) is 10.8 Å². The molecule has 1 aliphatic rings. The van der Waals surface area contributed by atoms with Crippen molar-refractivity contribution in [1.82, 2.24) is 9.62 Å². The number of hydrogen-bond donors (Lipinski definition) is 1. The Morgan fingerprint density at radius 2 is 1.69 bits per heavy atom. The highest BCUT2D eigenvalue weighted by Gasteiger charge is 2.29. The number of piperidine rings is 1. The van der Waals surface area contributed by atoms with Crippen LogP contribution in [0.3, 0.4) is 0 Å². The van der Waals surface area contributed by atoms with Crippen LogP contribution in [0.4, 0.5) is 0 Å². The van der Waals surface area contributed by atoms with Crippen LogP contribution in [0.1, 0.15) is 54.6 Å². The van der Waals surface area contributed by atoms with E-state index in [1.165, 1.54) is 6.07 Å². The molecule has 1 heterocycles. The van der Waals surface area contributed by atoms with Crippen LogP contribution in [0.2, 0.25) is 0 Å². The monoisotopic (exact) mass is 414 g/mol.